The van der Waals surface area contributed by atoms with Crippen molar-refractivity contribution in [3.63, 3.8) is 0 Å². The molecular formula is C27H42O3S. The van der Waals surface area contributed by atoms with Gasteiger partial charge in [0.1, 0.15) is 5.44 Å². The van der Waals surface area contributed by atoms with Crippen LogP contribution in [0, 0.1) is 17.3 Å². The van der Waals surface area contributed by atoms with Crippen LogP contribution in [0.4, 0.5) is 0 Å². The molecule has 3 nitrogen and oxygen atoms in total. The molecule has 0 saturated heterocycles. The Balaban J connectivity index is 1.75. The highest BCUT2D eigenvalue weighted by Crippen LogP contribution is 2.57. The van der Waals surface area contributed by atoms with Gasteiger partial charge in [0.25, 0.3) is 0 Å². The number of aliphatic hydroxyl groups is 3. The number of hydrogen-bond acceptors (Lipinski definition) is 4. The standard InChI is InChI=1S/C27H42O3S/c1-6-19(7-2)26(30)31-18(4)23-12-13-24-20(9-8-14-27(23,24)5)10-11-21-15-22(28)16-25(29)17(21)3/h10-12,18-19,22,24-26,28-30H,3,6-9,13-16H2,1-2,4-5H3/t18-,22+,24-,25-,26?,27+/m0/s1. The van der Waals surface area contributed by atoms with E-state index in [0.717, 1.165) is 36.8 Å². The number of rotatable bonds is 7. The molecule has 2 saturated carbocycles. The normalized spacial score (nSPS) is 36.1. The minimum atomic E-state index is -0.635. The van der Waals surface area contributed by atoms with Gasteiger partial charge in [0.05, 0.1) is 12.2 Å². The molecule has 0 bridgehead atoms. The summed E-state index contributed by atoms with van der Waals surface area (Å²) in [5.41, 5.74) is 4.59. The third kappa shape index (κ3) is 5.24. The number of thioether (sulfide) groups is 1. The Morgan fingerprint density at radius 2 is 1.97 bits per heavy atom. The lowest BCUT2D eigenvalue weighted by atomic mass is 9.64. The number of allylic oxidation sites excluding steroid dienone is 4. The zero-order valence-corrected chi connectivity index (χ0v) is 20.6. The van der Waals surface area contributed by atoms with Gasteiger partial charge in [-0.05, 0) is 67.4 Å². The number of hydrogen-bond donors (Lipinski definition) is 3. The molecule has 0 aromatic rings. The molecule has 3 aliphatic rings. The van der Waals surface area contributed by atoms with Gasteiger partial charge in [-0.1, -0.05) is 69.6 Å². The molecule has 0 amide bonds. The van der Waals surface area contributed by atoms with Crippen molar-refractivity contribution in [3.05, 3.63) is 47.1 Å². The largest absolute Gasteiger partial charge is 0.393 e. The van der Waals surface area contributed by atoms with Gasteiger partial charge < -0.3 is 15.3 Å². The van der Waals surface area contributed by atoms with Crippen molar-refractivity contribution >= 4 is 11.8 Å². The minimum absolute atomic E-state index is 0.158. The first kappa shape index (κ1) is 24.8. The molecule has 0 heterocycles. The van der Waals surface area contributed by atoms with Gasteiger partial charge in [-0.15, -0.1) is 11.8 Å². The van der Waals surface area contributed by atoms with Gasteiger partial charge in [0.2, 0.25) is 0 Å². The second kappa shape index (κ2) is 10.4. The van der Waals surface area contributed by atoms with E-state index in [1.807, 2.05) is 0 Å². The lowest BCUT2D eigenvalue weighted by molar-refractivity contribution is 0.0862. The second-order valence-electron chi connectivity index (χ2n) is 10.0. The van der Waals surface area contributed by atoms with E-state index in [0.29, 0.717) is 29.9 Å². The Morgan fingerprint density at radius 1 is 1.26 bits per heavy atom. The molecule has 4 heteroatoms. The monoisotopic (exact) mass is 446 g/mol. The quantitative estimate of drug-likeness (QED) is 0.335. The van der Waals surface area contributed by atoms with Crippen molar-refractivity contribution in [1.82, 2.24) is 0 Å². The smallest absolute Gasteiger partial charge is 0.103 e. The van der Waals surface area contributed by atoms with Crippen LogP contribution >= 0.6 is 11.8 Å². The molecule has 2 fully saturated rings. The van der Waals surface area contributed by atoms with E-state index in [1.165, 1.54) is 24.0 Å². The highest BCUT2D eigenvalue weighted by Gasteiger charge is 2.46. The third-order valence-corrected chi connectivity index (χ3v) is 9.43. The van der Waals surface area contributed by atoms with Crippen LogP contribution in [-0.2, 0) is 0 Å². The van der Waals surface area contributed by atoms with Crippen LogP contribution in [0.1, 0.15) is 79.1 Å². The summed E-state index contributed by atoms with van der Waals surface area (Å²) >= 11 is 1.74. The van der Waals surface area contributed by atoms with Crippen LogP contribution in [0.25, 0.3) is 0 Å². The summed E-state index contributed by atoms with van der Waals surface area (Å²) in [7, 11) is 0. The molecule has 3 N–H and O–H groups in total. The molecule has 0 aromatic heterocycles. The van der Waals surface area contributed by atoms with E-state index in [4.69, 9.17) is 0 Å². The first-order valence-electron chi connectivity index (χ1n) is 12.2. The van der Waals surface area contributed by atoms with Gasteiger partial charge >= 0.3 is 0 Å². The van der Waals surface area contributed by atoms with Crippen LogP contribution < -0.4 is 0 Å². The molecule has 174 valence electrons. The fraction of sp³-hybridized carbons (Fsp3) is 0.704. The van der Waals surface area contributed by atoms with Gasteiger partial charge in [0, 0.05) is 11.7 Å². The molecule has 6 atom stereocenters. The van der Waals surface area contributed by atoms with Crippen molar-refractivity contribution in [1.29, 1.82) is 0 Å². The van der Waals surface area contributed by atoms with E-state index in [2.05, 4.69) is 52.5 Å². The van der Waals surface area contributed by atoms with Crippen molar-refractivity contribution in [2.75, 3.05) is 0 Å². The van der Waals surface area contributed by atoms with Crippen LogP contribution in [-0.4, -0.2) is 38.2 Å². The SMILES string of the molecule is C=C1C(=CC=C2CCC[C@]3(C)C([C@H](C)SC(O)C(CC)CC)=CC[C@@H]23)C[C@@H](O)C[C@@H]1O. The Bertz CT molecular complexity index is 748. The van der Waals surface area contributed by atoms with E-state index in [-0.39, 0.29) is 10.9 Å². The average molecular weight is 447 g/mol. The molecule has 0 aromatic carbocycles. The Kier molecular flexibility index (Phi) is 8.34. The van der Waals surface area contributed by atoms with Crippen molar-refractivity contribution < 1.29 is 15.3 Å². The van der Waals surface area contributed by atoms with Crippen LogP contribution in [0.5, 0.6) is 0 Å². The number of aliphatic hydroxyl groups excluding tert-OH is 3. The lowest BCUT2D eigenvalue weighted by Crippen LogP contribution is -2.34. The Labute approximate surface area is 193 Å². The van der Waals surface area contributed by atoms with Crippen molar-refractivity contribution in [2.45, 2.75) is 102 Å². The molecule has 31 heavy (non-hydrogen) atoms. The summed E-state index contributed by atoms with van der Waals surface area (Å²) in [6.07, 6.45) is 13.2. The Hall–Kier alpha value is -0.810. The lowest BCUT2D eigenvalue weighted by Gasteiger charge is -2.43. The molecule has 0 radical (unpaired) electrons. The maximum atomic E-state index is 10.7. The summed E-state index contributed by atoms with van der Waals surface area (Å²) < 4.78 is 0. The Morgan fingerprint density at radius 3 is 2.65 bits per heavy atom. The maximum Gasteiger partial charge on any atom is 0.103 e. The first-order valence-corrected chi connectivity index (χ1v) is 13.1. The molecular weight excluding hydrogens is 404 g/mol. The molecule has 1 unspecified atom stereocenters. The second-order valence-corrected chi connectivity index (χ2v) is 11.5. The summed E-state index contributed by atoms with van der Waals surface area (Å²) in [4.78, 5) is 0. The van der Waals surface area contributed by atoms with E-state index >= 15 is 0 Å². The van der Waals surface area contributed by atoms with Gasteiger partial charge in [0.15, 0.2) is 0 Å². The zero-order chi connectivity index (χ0) is 22.8. The fourth-order valence-corrected chi connectivity index (χ4v) is 7.57. The minimum Gasteiger partial charge on any atom is -0.393 e. The fourth-order valence-electron chi connectivity index (χ4n) is 6.03. The summed E-state index contributed by atoms with van der Waals surface area (Å²) in [5, 5.41) is 31.2. The highest BCUT2D eigenvalue weighted by atomic mass is 32.2. The predicted molar refractivity (Wildman–Crippen MR) is 132 cm³/mol. The summed E-state index contributed by atoms with van der Waals surface area (Å²) in [6, 6.07) is 0. The van der Waals surface area contributed by atoms with Crippen LogP contribution in [0.2, 0.25) is 0 Å². The average Bonchev–Trinajstić information content (AvgIpc) is 3.08. The van der Waals surface area contributed by atoms with Gasteiger partial charge in [-0.3, -0.25) is 0 Å². The third-order valence-electron chi connectivity index (χ3n) is 8.11. The van der Waals surface area contributed by atoms with E-state index in [9.17, 15) is 15.3 Å². The number of fused-ring (bicyclic) bond motifs is 1. The maximum absolute atomic E-state index is 10.7. The van der Waals surface area contributed by atoms with Crippen molar-refractivity contribution in [2.24, 2.45) is 17.3 Å². The summed E-state index contributed by atoms with van der Waals surface area (Å²) in [6.45, 7) is 13.1. The van der Waals surface area contributed by atoms with Gasteiger partial charge in [-0.25, -0.2) is 0 Å². The zero-order valence-electron chi connectivity index (χ0n) is 19.8. The predicted octanol–water partition coefficient (Wildman–Crippen LogP) is 5.92. The topological polar surface area (TPSA) is 60.7 Å². The molecule has 3 aliphatic carbocycles. The molecule has 0 spiro atoms. The van der Waals surface area contributed by atoms with Gasteiger partial charge in [-0.2, -0.15) is 0 Å². The summed E-state index contributed by atoms with van der Waals surface area (Å²) in [5.74, 6) is 0.869. The molecule has 3 rings (SSSR count). The van der Waals surface area contributed by atoms with Crippen LogP contribution in [0.15, 0.2) is 47.1 Å². The highest BCUT2D eigenvalue weighted by molar-refractivity contribution is 8.00. The first-order chi connectivity index (χ1) is 14.7. The van der Waals surface area contributed by atoms with E-state index in [1.54, 1.807) is 11.8 Å². The van der Waals surface area contributed by atoms with E-state index < -0.39 is 12.2 Å². The van der Waals surface area contributed by atoms with Crippen molar-refractivity contribution in [3.8, 4) is 0 Å². The molecule has 0 aliphatic heterocycles. The van der Waals surface area contributed by atoms with Crippen LogP contribution in [0.3, 0.4) is 0 Å².